The van der Waals surface area contributed by atoms with Crippen LogP contribution in [0.3, 0.4) is 0 Å². The molecule has 1 aromatic heterocycles. The maximum Gasteiger partial charge on any atom is 0.310 e. The van der Waals surface area contributed by atoms with Crippen molar-refractivity contribution in [1.29, 1.82) is 0 Å². The van der Waals surface area contributed by atoms with Crippen molar-refractivity contribution in [1.82, 2.24) is 0 Å². The van der Waals surface area contributed by atoms with Gasteiger partial charge in [-0.05, 0) is 66.6 Å². The van der Waals surface area contributed by atoms with Crippen LogP contribution in [0.4, 0.5) is 5.69 Å². The minimum Gasteiger partial charge on any atom is -0.497 e. The van der Waals surface area contributed by atoms with Gasteiger partial charge in [0.25, 0.3) is 0 Å². The molecule has 1 aliphatic carbocycles. The van der Waals surface area contributed by atoms with Crippen LogP contribution < -0.4 is 20.5 Å². The van der Waals surface area contributed by atoms with Crippen molar-refractivity contribution in [3.8, 4) is 22.6 Å². The molecule has 0 bridgehead atoms. The molecule has 0 aliphatic heterocycles. The van der Waals surface area contributed by atoms with Gasteiger partial charge in [0.2, 0.25) is 0 Å². The van der Waals surface area contributed by atoms with Gasteiger partial charge in [0, 0.05) is 49.9 Å². The topological polar surface area (TPSA) is 105 Å². The molecule has 232 valence electrons. The third-order valence-electron chi connectivity index (χ3n) is 6.83. The second-order valence-corrected chi connectivity index (χ2v) is 10.0. The lowest BCUT2D eigenvalue weighted by Crippen LogP contribution is -2.09. The van der Waals surface area contributed by atoms with E-state index in [1.807, 2.05) is 38.1 Å². The lowest BCUT2D eigenvalue weighted by atomic mass is 9.99. The minimum atomic E-state index is -0.299. The maximum atomic E-state index is 12.2. The van der Waals surface area contributed by atoms with Crippen LogP contribution in [0.15, 0.2) is 65.3 Å². The summed E-state index contributed by atoms with van der Waals surface area (Å²) in [6.07, 6.45) is 4.40. The highest BCUT2D eigenvalue weighted by molar-refractivity contribution is 5.96. The van der Waals surface area contributed by atoms with Gasteiger partial charge in [-0.1, -0.05) is 38.1 Å². The summed E-state index contributed by atoms with van der Waals surface area (Å²) in [5.74, 6) is 1.65. The largest absolute Gasteiger partial charge is 0.497 e. The molecule has 1 fully saturated rings. The monoisotopic (exact) mass is 590 g/mol. The van der Waals surface area contributed by atoms with Crippen molar-refractivity contribution in [3.63, 3.8) is 0 Å². The fourth-order valence-corrected chi connectivity index (χ4v) is 4.52. The second-order valence-electron chi connectivity index (χ2n) is 10.0. The van der Waals surface area contributed by atoms with E-state index in [2.05, 4.69) is 34.3 Å². The van der Waals surface area contributed by atoms with Gasteiger partial charge < -0.3 is 34.4 Å². The van der Waals surface area contributed by atoms with Crippen LogP contribution in [0.1, 0.15) is 50.3 Å². The van der Waals surface area contributed by atoms with Gasteiger partial charge in [-0.15, -0.1) is 0 Å². The van der Waals surface area contributed by atoms with E-state index < -0.39 is 0 Å². The number of methoxy groups -OCH3 is 2. The number of fused-ring (bicyclic) bond motifs is 1. The number of rotatable bonds is 12. The molecular formula is C35H46N2O6. The van der Waals surface area contributed by atoms with Gasteiger partial charge in [0.15, 0.2) is 5.58 Å². The Hall–Kier alpha value is -4.01. The van der Waals surface area contributed by atoms with E-state index in [-0.39, 0.29) is 19.0 Å². The highest BCUT2D eigenvalue weighted by atomic mass is 16.5. The number of esters is 1. The van der Waals surface area contributed by atoms with Gasteiger partial charge >= 0.3 is 5.97 Å². The number of ether oxygens (including phenoxy) is 4. The molecule has 0 radical (unpaired) electrons. The zero-order chi connectivity index (χ0) is 31.2. The zero-order valence-electron chi connectivity index (χ0n) is 26.3. The van der Waals surface area contributed by atoms with Crippen molar-refractivity contribution >= 4 is 22.6 Å². The Kier molecular flexibility index (Phi) is 13.4. The molecule has 0 atom stereocenters. The van der Waals surface area contributed by atoms with E-state index in [1.54, 1.807) is 40.6 Å². The van der Waals surface area contributed by atoms with E-state index in [0.717, 1.165) is 56.9 Å². The van der Waals surface area contributed by atoms with Crippen LogP contribution in [-0.4, -0.2) is 40.5 Å². The van der Waals surface area contributed by atoms with Crippen molar-refractivity contribution in [2.75, 3.05) is 39.8 Å². The summed E-state index contributed by atoms with van der Waals surface area (Å²) in [7, 11) is 4.85. The zero-order valence-corrected chi connectivity index (χ0v) is 26.3. The molecule has 43 heavy (non-hydrogen) atoms. The number of furan rings is 1. The first-order chi connectivity index (χ1) is 21.0. The van der Waals surface area contributed by atoms with Gasteiger partial charge in [0.05, 0.1) is 32.1 Å². The average Bonchev–Trinajstić information content (AvgIpc) is 3.78. The van der Waals surface area contributed by atoms with Crippen LogP contribution in [-0.2, 0) is 33.8 Å². The molecule has 1 saturated carbocycles. The molecular weight excluding hydrogens is 544 g/mol. The molecule has 0 unspecified atom stereocenters. The standard InChI is InChI=1S/C31H34N2O5.C2H6O.C2H6/c1-3-36-30(34)14-23-9-10-26(35-2)15-29(23)37-18-25-19-38-31-27(25)12-24(13-28(31)33-17-20-7-8-20)22-6-4-5-21(11-22)16-32;1-3-2;1-2/h4-6,9-13,15,19-20,33H,3,7-8,14,16-18,32H2,1-2H3;1-2H3;1-2H3. The van der Waals surface area contributed by atoms with Crippen molar-refractivity contribution in [2.45, 2.75) is 53.2 Å². The van der Waals surface area contributed by atoms with E-state index in [0.29, 0.717) is 24.7 Å². The fourth-order valence-electron chi connectivity index (χ4n) is 4.52. The first-order valence-corrected chi connectivity index (χ1v) is 14.9. The number of carbonyl (C=O) groups is 1. The summed E-state index contributed by atoms with van der Waals surface area (Å²) in [6.45, 7) is 7.81. The number of hydrogen-bond acceptors (Lipinski definition) is 8. The van der Waals surface area contributed by atoms with Crippen LogP contribution >= 0.6 is 0 Å². The maximum absolute atomic E-state index is 12.2. The van der Waals surface area contributed by atoms with E-state index in [9.17, 15) is 4.79 Å². The molecule has 1 heterocycles. The summed E-state index contributed by atoms with van der Waals surface area (Å²) < 4.78 is 27.1. The Morgan fingerprint density at radius 1 is 1.00 bits per heavy atom. The van der Waals surface area contributed by atoms with Crippen LogP contribution in [0.2, 0.25) is 0 Å². The summed E-state index contributed by atoms with van der Waals surface area (Å²) in [5, 5.41) is 4.59. The number of carbonyl (C=O) groups excluding carboxylic acids is 1. The molecule has 8 heteroatoms. The summed E-state index contributed by atoms with van der Waals surface area (Å²) in [6, 6.07) is 18.0. The van der Waals surface area contributed by atoms with Crippen molar-refractivity contribution < 1.29 is 28.2 Å². The molecule has 8 nitrogen and oxygen atoms in total. The number of benzene rings is 3. The molecule has 5 rings (SSSR count). The molecule has 0 saturated heterocycles. The van der Waals surface area contributed by atoms with Gasteiger partial charge in [-0.2, -0.15) is 0 Å². The third-order valence-corrected chi connectivity index (χ3v) is 6.83. The highest BCUT2D eigenvalue weighted by Gasteiger charge is 2.22. The normalized spacial score (nSPS) is 12.0. The van der Waals surface area contributed by atoms with Crippen LogP contribution in [0.25, 0.3) is 22.1 Å². The third kappa shape index (κ3) is 9.49. The fraction of sp³-hybridized carbons (Fsp3) is 0.400. The Morgan fingerprint density at radius 3 is 2.44 bits per heavy atom. The second kappa shape index (κ2) is 17.2. The quantitative estimate of drug-likeness (QED) is 0.165. The highest BCUT2D eigenvalue weighted by Crippen LogP contribution is 2.37. The van der Waals surface area contributed by atoms with E-state index in [1.165, 1.54) is 12.8 Å². The average molecular weight is 591 g/mol. The van der Waals surface area contributed by atoms with Crippen molar-refractivity contribution in [2.24, 2.45) is 11.7 Å². The van der Waals surface area contributed by atoms with Crippen molar-refractivity contribution in [3.05, 3.63) is 77.6 Å². The first-order valence-electron chi connectivity index (χ1n) is 14.9. The number of nitrogens with one attached hydrogen (secondary N) is 1. The van der Waals surface area contributed by atoms with Gasteiger partial charge in [0.1, 0.15) is 18.1 Å². The molecule has 1 aliphatic rings. The Labute approximate surface area is 255 Å². The molecule has 3 aromatic carbocycles. The Balaban J connectivity index is 0.000000953. The van der Waals surface area contributed by atoms with E-state index >= 15 is 0 Å². The first kappa shape index (κ1) is 33.5. The van der Waals surface area contributed by atoms with E-state index in [4.69, 9.17) is 24.4 Å². The minimum absolute atomic E-state index is 0.121. The SMILES string of the molecule is CC.CCOC(=O)Cc1ccc(OC)cc1OCc1coc2c(NCC3CC3)cc(-c3cccc(CN)c3)cc12.COC. The summed E-state index contributed by atoms with van der Waals surface area (Å²) in [5.41, 5.74) is 12.6. The van der Waals surface area contributed by atoms with Crippen LogP contribution in [0.5, 0.6) is 11.5 Å². The summed E-state index contributed by atoms with van der Waals surface area (Å²) in [4.78, 5) is 12.2. The number of hydrogen-bond donors (Lipinski definition) is 2. The smallest absolute Gasteiger partial charge is 0.310 e. The lowest BCUT2D eigenvalue weighted by molar-refractivity contribution is -0.142. The lowest BCUT2D eigenvalue weighted by Gasteiger charge is -2.13. The summed E-state index contributed by atoms with van der Waals surface area (Å²) >= 11 is 0. The molecule has 0 spiro atoms. The Morgan fingerprint density at radius 2 is 1.77 bits per heavy atom. The molecule has 4 aromatic rings. The number of anilines is 1. The van der Waals surface area contributed by atoms with Gasteiger partial charge in [-0.25, -0.2) is 0 Å². The van der Waals surface area contributed by atoms with Gasteiger partial charge in [-0.3, -0.25) is 4.79 Å². The number of nitrogens with two attached hydrogens (primary N) is 1. The Bertz CT molecular complexity index is 1440. The predicted octanol–water partition coefficient (Wildman–Crippen LogP) is 7.36. The van der Waals surface area contributed by atoms with Crippen LogP contribution in [0, 0.1) is 5.92 Å². The molecule has 3 N–H and O–H groups in total. The molecule has 0 amide bonds. The predicted molar refractivity (Wildman–Crippen MR) is 173 cm³/mol.